The zero-order valence-electron chi connectivity index (χ0n) is 8.32. The lowest BCUT2D eigenvalue weighted by atomic mass is 10.1. The van der Waals surface area contributed by atoms with Crippen molar-refractivity contribution in [3.8, 4) is 0 Å². The van der Waals surface area contributed by atoms with E-state index in [9.17, 15) is 4.79 Å². The van der Waals surface area contributed by atoms with Gasteiger partial charge in [-0.05, 0) is 41.1 Å². The average Bonchev–Trinajstić information content (AvgIpc) is 2.30. The lowest BCUT2D eigenvalue weighted by Crippen LogP contribution is -2.34. The van der Waals surface area contributed by atoms with Crippen molar-refractivity contribution >= 4 is 28.5 Å². The molecule has 1 amide bonds. The summed E-state index contributed by atoms with van der Waals surface area (Å²) in [5, 5.41) is 0. The van der Waals surface area contributed by atoms with Gasteiger partial charge in [0.05, 0.1) is 5.56 Å². The number of hydrogen-bond acceptors (Lipinski definition) is 1. The highest BCUT2D eigenvalue weighted by atomic mass is 127. The van der Waals surface area contributed by atoms with E-state index in [1.165, 1.54) is 0 Å². The fourth-order valence-corrected chi connectivity index (χ4v) is 2.25. The Labute approximate surface area is 103 Å². The van der Waals surface area contributed by atoms with Crippen LogP contribution in [0.25, 0.3) is 0 Å². The van der Waals surface area contributed by atoms with Crippen molar-refractivity contribution in [2.45, 2.75) is 6.42 Å². The van der Waals surface area contributed by atoms with Crippen LogP contribution in [-0.4, -0.2) is 23.9 Å². The summed E-state index contributed by atoms with van der Waals surface area (Å²) < 4.78 is 1.02. The van der Waals surface area contributed by atoms with Crippen molar-refractivity contribution < 1.29 is 4.79 Å². The molecule has 0 saturated heterocycles. The second kappa shape index (κ2) is 4.79. The van der Waals surface area contributed by atoms with Gasteiger partial charge in [0.2, 0.25) is 0 Å². The predicted molar refractivity (Wildman–Crippen MR) is 68.8 cm³/mol. The van der Waals surface area contributed by atoms with Crippen LogP contribution in [0.1, 0.15) is 16.8 Å². The molecule has 0 N–H and O–H groups in total. The summed E-state index contributed by atoms with van der Waals surface area (Å²) in [6.45, 7) is 1.57. The molecule has 1 aliphatic rings. The monoisotopic (exact) mass is 313 g/mol. The SMILES string of the molecule is O=C(c1ccccc1I)N1CC=CCC1. The lowest BCUT2D eigenvalue weighted by molar-refractivity contribution is 0.0770. The van der Waals surface area contributed by atoms with Gasteiger partial charge >= 0.3 is 0 Å². The van der Waals surface area contributed by atoms with Gasteiger partial charge in [-0.15, -0.1) is 0 Å². The van der Waals surface area contributed by atoms with E-state index < -0.39 is 0 Å². The van der Waals surface area contributed by atoms with E-state index in [4.69, 9.17) is 0 Å². The predicted octanol–water partition coefficient (Wildman–Crippen LogP) is 2.69. The maximum Gasteiger partial charge on any atom is 0.255 e. The third-order valence-electron chi connectivity index (χ3n) is 2.45. The molecule has 1 aromatic carbocycles. The average molecular weight is 313 g/mol. The van der Waals surface area contributed by atoms with Crippen LogP contribution in [0.5, 0.6) is 0 Å². The summed E-state index contributed by atoms with van der Waals surface area (Å²) in [6.07, 6.45) is 5.14. The normalized spacial score (nSPS) is 15.4. The fourth-order valence-electron chi connectivity index (χ4n) is 1.63. The Balaban J connectivity index is 2.20. The van der Waals surface area contributed by atoms with Gasteiger partial charge in [0.1, 0.15) is 0 Å². The molecule has 15 heavy (non-hydrogen) atoms. The number of nitrogens with zero attached hydrogens (tertiary/aromatic N) is 1. The highest BCUT2D eigenvalue weighted by molar-refractivity contribution is 14.1. The molecule has 3 heteroatoms. The van der Waals surface area contributed by atoms with Gasteiger partial charge in [0.15, 0.2) is 0 Å². The first-order chi connectivity index (χ1) is 7.29. The maximum absolute atomic E-state index is 12.1. The summed E-state index contributed by atoms with van der Waals surface area (Å²) >= 11 is 2.21. The van der Waals surface area contributed by atoms with Crippen LogP contribution in [0.15, 0.2) is 36.4 Å². The van der Waals surface area contributed by atoms with Crippen LogP contribution < -0.4 is 0 Å². The van der Waals surface area contributed by atoms with Crippen LogP contribution in [0.2, 0.25) is 0 Å². The fraction of sp³-hybridized carbons (Fsp3) is 0.250. The number of benzene rings is 1. The topological polar surface area (TPSA) is 20.3 Å². The first-order valence-electron chi connectivity index (χ1n) is 4.98. The third kappa shape index (κ3) is 2.40. The molecular formula is C12H12INO. The first kappa shape index (κ1) is 10.7. The summed E-state index contributed by atoms with van der Waals surface area (Å²) in [4.78, 5) is 14.0. The Kier molecular flexibility index (Phi) is 3.41. The Hall–Kier alpha value is -0.840. The van der Waals surface area contributed by atoms with Gasteiger partial charge in [0.25, 0.3) is 5.91 Å². The van der Waals surface area contributed by atoms with Crippen molar-refractivity contribution in [1.29, 1.82) is 0 Å². The molecule has 0 radical (unpaired) electrons. The Morgan fingerprint density at radius 1 is 1.27 bits per heavy atom. The summed E-state index contributed by atoms with van der Waals surface area (Å²) in [5.41, 5.74) is 0.813. The molecule has 2 rings (SSSR count). The molecule has 78 valence electrons. The van der Waals surface area contributed by atoms with Crippen molar-refractivity contribution in [3.05, 3.63) is 45.6 Å². The second-order valence-electron chi connectivity index (χ2n) is 3.49. The second-order valence-corrected chi connectivity index (χ2v) is 4.65. The van der Waals surface area contributed by atoms with Crippen molar-refractivity contribution in [3.63, 3.8) is 0 Å². The molecular weight excluding hydrogens is 301 g/mol. The van der Waals surface area contributed by atoms with E-state index in [1.807, 2.05) is 29.2 Å². The van der Waals surface area contributed by atoms with E-state index in [0.29, 0.717) is 0 Å². The van der Waals surface area contributed by atoms with E-state index >= 15 is 0 Å². The zero-order valence-corrected chi connectivity index (χ0v) is 10.5. The van der Waals surface area contributed by atoms with E-state index in [0.717, 1.165) is 28.6 Å². The largest absolute Gasteiger partial charge is 0.335 e. The maximum atomic E-state index is 12.1. The highest BCUT2D eigenvalue weighted by Crippen LogP contribution is 2.15. The molecule has 1 aliphatic heterocycles. The van der Waals surface area contributed by atoms with Crippen molar-refractivity contribution in [2.24, 2.45) is 0 Å². The quantitative estimate of drug-likeness (QED) is 0.577. The number of carbonyl (C=O) groups is 1. The minimum Gasteiger partial charge on any atom is -0.335 e. The number of amides is 1. The van der Waals surface area contributed by atoms with E-state index in [1.54, 1.807) is 0 Å². The van der Waals surface area contributed by atoms with Crippen LogP contribution in [0, 0.1) is 3.57 Å². The number of carbonyl (C=O) groups excluding carboxylic acids is 1. The summed E-state index contributed by atoms with van der Waals surface area (Å²) in [7, 11) is 0. The standard InChI is InChI=1S/C12H12INO/c13-11-7-3-2-6-10(11)12(15)14-8-4-1-5-9-14/h1-4,6-7H,5,8-9H2. The molecule has 0 unspecified atom stereocenters. The Morgan fingerprint density at radius 3 is 2.73 bits per heavy atom. The summed E-state index contributed by atoms with van der Waals surface area (Å²) in [5.74, 6) is 0.143. The number of rotatable bonds is 1. The van der Waals surface area contributed by atoms with Gasteiger partial charge in [-0.1, -0.05) is 24.3 Å². The van der Waals surface area contributed by atoms with Crippen molar-refractivity contribution in [2.75, 3.05) is 13.1 Å². The molecule has 1 aromatic rings. The Morgan fingerprint density at radius 2 is 2.07 bits per heavy atom. The molecule has 0 aliphatic carbocycles. The molecule has 0 fully saturated rings. The highest BCUT2D eigenvalue weighted by Gasteiger charge is 2.17. The Bertz CT molecular complexity index is 400. The molecule has 0 spiro atoms. The molecule has 0 aromatic heterocycles. The van der Waals surface area contributed by atoms with Crippen LogP contribution >= 0.6 is 22.6 Å². The van der Waals surface area contributed by atoms with Crippen LogP contribution in [0.3, 0.4) is 0 Å². The number of hydrogen-bond donors (Lipinski definition) is 0. The molecule has 1 heterocycles. The first-order valence-corrected chi connectivity index (χ1v) is 6.06. The third-order valence-corrected chi connectivity index (χ3v) is 3.39. The van der Waals surface area contributed by atoms with E-state index in [2.05, 4.69) is 34.7 Å². The lowest BCUT2D eigenvalue weighted by Gasteiger charge is -2.23. The smallest absolute Gasteiger partial charge is 0.255 e. The minimum atomic E-state index is 0.143. The zero-order chi connectivity index (χ0) is 10.7. The van der Waals surface area contributed by atoms with Gasteiger partial charge in [-0.3, -0.25) is 4.79 Å². The van der Waals surface area contributed by atoms with Gasteiger partial charge in [0, 0.05) is 16.7 Å². The van der Waals surface area contributed by atoms with Gasteiger partial charge in [-0.25, -0.2) is 0 Å². The van der Waals surface area contributed by atoms with Crippen molar-refractivity contribution in [1.82, 2.24) is 4.90 Å². The van der Waals surface area contributed by atoms with Crippen LogP contribution in [0.4, 0.5) is 0 Å². The molecule has 0 atom stereocenters. The minimum absolute atomic E-state index is 0.143. The molecule has 0 bridgehead atoms. The summed E-state index contributed by atoms with van der Waals surface area (Å²) in [6, 6.07) is 7.72. The number of halogens is 1. The van der Waals surface area contributed by atoms with Crippen LogP contribution in [-0.2, 0) is 0 Å². The van der Waals surface area contributed by atoms with Gasteiger partial charge in [-0.2, -0.15) is 0 Å². The van der Waals surface area contributed by atoms with E-state index in [-0.39, 0.29) is 5.91 Å². The van der Waals surface area contributed by atoms with Gasteiger partial charge < -0.3 is 4.90 Å². The molecule has 2 nitrogen and oxygen atoms in total. The molecule has 0 saturated carbocycles.